The molecule has 1 aromatic heterocycles. The van der Waals surface area contributed by atoms with Crippen LogP contribution in [0.5, 0.6) is 0 Å². The van der Waals surface area contributed by atoms with Gasteiger partial charge in [-0.1, -0.05) is 35.3 Å². The first-order valence-electron chi connectivity index (χ1n) is 5.44. The first-order chi connectivity index (χ1) is 9.49. The van der Waals surface area contributed by atoms with E-state index in [2.05, 4.69) is 26.2 Å². The minimum atomic E-state index is -0.561. The molecule has 0 unspecified atom stereocenters. The molecule has 2 rings (SSSR count). The number of nitrogens with one attached hydrogen (secondary N) is 1. The monoisotopic (exact) mass is 375 g/mol. The number of hydrogen-bond acceptors (Lipinski definition) is 3. The maximum absolute atomic E-state index is 11.9. The van der Waals surface area contributed by atoms with Gasteiger partial charge in [0.05, 0.1) is 12.0 Å². The molecule has 0 atom stereocenters. The van der Waals surface area contributed by atoms with Gasteiger partial charge in [0.15, 0.2) is 5.15 Å². The van der Waals surface area contributed by atoms with Gasteiger partial charge in [0.2, 0.25) is 5.91 Å². The predicted molar refractivity (Wildman–Crippen MR) is 81.3 cm³/mol. The van der Waals surface area contributed by atoms with Crippen molar-refractivity contribution in [2.75, 3.05) is 5.32 Å². The van der Waals surface area contributed by atoms with E-state index < -0.39 is 5.56 Å². The molecule has 8 heteroatoms. The van der Waals surface area contributed by atoms with Crippen LogP contribution < -0.4 is 10.9 Å². The van der Waals surface area contributed by atoms with Crippen LogP contribution in [0, 0.1) is 0 Å². The number of carbonyl (C=O) groups is 1. The van der Waals surface area contributed by atoms with Crippen molar-refractivity contribution in [3.8, 4) is 0 Å². The fraction of sp³-hybridized carbons (Fsp3) is 0.0833. The highest BCUT2D eigenvalue weighted by Gasteiger charge is 2.11. The molecule has 2 aromatic rings. The number of anilines is 1. The highest BCUT2D eigenvalue weighted by atomic mass is 79.9. The molecule has 1 N–H and O–H groups in total. The van der Waals surface area contributed by atoms with Crippen LogP contribution in [-0.4, -0.2) is 15.5 Å². The topological polar surface area (TPSA) is 64.0 Å². The van der Waals surface area contributed by atoms with Crippen molar-refractivity contribution in [1.29, 1.82) is 0 Å². The zero-order chi connectivity index (χ0) is 14.7. The summed E-state index contributed by atoms with van der Waals surface area (Å²) in [5.74, 6) is -0.376. The smallest absolute Gasteiger partial charge is 0.274 e. The Labute approximate surface area is 132 Å². The Kier molecular flexibility index (Phi) is 4.80. The van der Waals surface area contributed by atoms with Crippen LogP contribution in [0.3, 0.4) is 0 Å². The molecule has 20 heavy (non-hydrogen) atoms. The van der Waals surface area contributed by atoms with E-state index in [1.54, 1.807) is 18.2 Å². The second-order valence-electron chi connectivity index (χ2n) is 3.81. The molecule has 0 aliphatic heterocycles. The Bertz CT molecular complexity index is 718. The van der Waals surface area contributed by atoms with Crippen molar-refractivity contribution < 1.29 is 4.79 Å². The molecule has 0 saturated heterocycles. The predicted octanol–water partition coefficient (Wildman–Crippen LogP) is 2.95. The fourth-order valence-corrected chi connectivity index (χ4v) is 2.13. The van der Waals surface area contributed by atoms with Crippen molar-refractivity contribution in [1.82, 2.24) is 9.55 Å². The van der Waals surface area contributed by atoms with E-state index in [1.165, 1.54) is 6.33 Å². The molecule has 0 fully saturated rings. The Morgan fingerprint density at radius 1 is 1.35 bits per heavy atom. The molecule has 104 valence electrons. The Morgan fingerprint density at radius 3 is 2.75 bits per heavy atom. The lowest BCUT2D eigenvalue weighted by Crippen LogP contribution is -2.28. The number of aromatic nitrogens is 2. The molecule has 0 aliphatic rings. The average Bonchev–Trinajstić information content (AvgIpc) is 2.42. The zero-order valence-electron chi connectivity index (χ0n) is 9.94. The van der Waals surface area contributed by atoms with Crippen molar-refractivity contribution in [2.45, 2.75) is 6.54 Å². The molecule has 1 amide bonds. The highest BCUT2D eigenvalue weighted by Crippen LogP contribution is 2.21. The van der Waals surface area contributed by atoms with E-state index in [0.29, 0.717) is 5.69 Å². The van der Waals surface area contributed by atoms with Crippen LogP contribution in [0.25, 0.3) is 0 Å². The average molecular weight is 377 g/mol. The third-order valence-electron chi connectivity index (χ3n) is 2.40. The van der Waals surface area contributed by atoms with Crippen LogP contribution in [0.1, 0.15) is 0 Å². The summed E-state index contributed by atoms with van der Waals surface area (Å²) in [5.41, 5.74) is 0.0486. The summed E-state index contributed by atoms with van der Waals surface area (Å²) in [6.07, 6.45) is 1.18. The van der Waals surface area contributed by atoms with Crippen molar-refractivity contribution in [3.63, 3.8) is 0 Å². The summed E-state index contributed by atoms with van der Waals surface area (Å²) >= 11 is 14.6. The second-order valence-corrected chi connectivity index (χ2v) is 5.40. The maximum atomic E-state index is 11.9. The summed E-state index contributed by atoms with van der Waals surface area (Å²) in [4.78, 5) is 27.4. The fourth-order valence-electron chi connectivity index (χ4n) is 1.46. The third-order valence-corrected chi connectivity index (χ3v) is 3.82. The lowest BCUT2D eigenvalue weighted by Gasteiger charge is -2.08. The van der Waals surface area contributed by atoms with Crippen molar-refractivity contribution in [2.24, 2.45) is 0 Å². The number of carbonyl (C=O) groups excluding carboxylic acids is 1. The van der Waals surface area contributed by atoms with Gasteiger partial charge in [-0.25, -0.2) is 4.98 Å². The second kappa shape index (κ2) is 6.39. The minimum absolute atomic E-state index is 0.0841. The number of nitrogens with zero attached hydrogens (tertiary/aromatic N) is 2. The number of benzene rings is 1. The van der Waals surface area contributed by atoms with E-state index >= 15 is 0 Å². The molecular weight excluding hydrogens is 369 g/mol. The number of hydrogen-bond donors (Lipinski definition) is 1. The van der Waals surface area contributed by atoms with Gasteiger partial charge < -0.3 is 5.32 Å². The molecule has 0 spiro atoms. The molecule has 1 heterocycles. The minimum Gasteiger partial charge on any atom is -0.324 e. The zero-order valence-corrected chi connectivity index (χ0v) is 13.0. The summed E-state index contributed by atoms with van der Waals surface area (Å²) < 4.78 is 1.83. The van der Waals surface area contributed by atoms with Crippen LogP contribution in [0.2, 0.25) is 10.2 Å². The summed E-state index contributed by atoms with van der Waals surface area (Å²) in [6, 6.07) is 7.14. The van der Waals surface area contributed by atoms with Gasteiger partial charge in [0.25, 0.3) is 5.56 Å². The highest BCUT2D eigenvalue weighted by molar-refractivity contribution is 9.10. The van der Waals surface area contributed by atoms with Gasteiger partial charge in [-0.2, -0.15) is 0 Å². The molecule has 1 aromatic carbocycles. The van der Waals surface area contributed by atoms with Gasteiger partial charge in [0, 0.05) is 4.47 Å². The van der Waals surface area contributed by atoms with E-state index in [1.807, 2.05) is 6.07 Å². The van der Waals surface area contributed by atoms with Crippen molar-refractivity contribution >= 4 is 50.7 Å². The summed E-state index contributed by atoms with van der Waals surface area (Å²) in [7, 11) is 0. The maximum Gasteiger partial charge on any atom is 0.274 e. The SMILES string of the molecule is O=C(Cn1cnc(Cl)c(Cl)c1=O)Nc1ccccc1Br. The van der Waals surface area contributed by atoms with Gasteiger partial charge in [0.1, 0.15) is 11.6 Å². The largest absolute Gasteiger partial charge is 0.324 e. The lowest BCUT2D eigenvalue weighted by atomic mass is 10.3. The van der Waals surface area contributed by atoms with Crippen LogP contribution in [0.15, 0.2) is 39.9 Å². The number of amides is 1. The van der Waals surface area contributed by atoms with E-state index in [0.717, 1.165) is 9.04 Å². The normalized spacial score (nSPS) is 10.3. The number of rotatable bonds is 3. The Morgan fingerprint density at radius 2 is 2.05 bits per heavy atom. The van der Waals surface area contributed by atoms with Gasteiger partial charge in [-0.15, -0.1) is 0 Å². The van der Waals surface area contributed by atoms with Crippen LogP contribution >= 0.6 is 39.1 Å². The Hall–Kier alpha value is -1.37. The number of halogens is 3. The lowest BCUT2D eigenvalue weighted by molar-refractivity contribution is -0.116. The van der Waals surface area contributed by atoms with Crippen LogP contribution in [0.4, 0.5) is 5.69 Å². The Balaban J connectivity index is 2.15. The molecule has 0 radical (unpaired) electrons. The van der Waals surface area contributed by atoms with E-state index in [4.69, 9.17) is 23.2 Å². The molecule has 0 bridgehead atoms. The number of para-hydroxylation sites is 1. The van der Waals surface area contributed by atoms with Gasteiger partial charge in [-0.05, 0) is 28.1 Å². The summed E-state index contributed by atoms with van der Waals surface area (Å²) in [5, 5.41) is 2.38. The molecule has 5 nitrogen and oxygen atoms in total. The van der Waals surface area contributed by atoms with Crippen molar-refractivity contribution in [3.05, 3.63) is 55.6 Å². The standard InChI is InChI=1S/C12H8BrCl2N3O2/c13-7-3-1-2-4-8(7)17-9(19)5-18-6-16-11(15)10(14)12(18)20/h1-4,6H,5H2,(H,17,19). The summed E-state index contributed by atoms with van der Waals surface area (Å²) in [6.45, 7) is -0.204. The first kappa shape index (κ1) is 15.0. The van der Waals surface area contributed by atoms with E-state index in [-0.39, 0.29) is 22.6 Å². The van der Waals surface area contributed by atoms with Crippen LogP contribution in [-0.2, 0) is 11.3 Å². The quantitative estimate of drug-likeness (QED) is 0.837. The molecule has 0 saturated carbocycles. The molecule has 0 aliphatic carbocycles. The van der Waals surface area contributed by atoms with Gasteiger partial charge in [-0.3, -0.25) is 14.2 Å². The van der Waals surface area contributed by atoms with Gasteiger partial charge >= 0.3 is 0 Å². The first-order valence-corrected chi connectivity index (χ1v) is 6.98. The van der Waals surface area contributed by atoms with E-state index in [9.17, 15) is 9.59 Å². The third kappa shape index (κ3) is 3.39. The molecular formula is C12H8BrCl2N3O2.